The molecule has 128 valence electrons. The van der Waals surface area contributed by atoms with Crippen molar-refractivity contribution in [2.45, 2.75) is 12.5 Å². The van der Waals surface area contributed by atoms with Crippen molar-refractivity contribution in [2.24, 2.45) is 0 Å². The molecule has 1 saturated heterocycles. The van der Waals surface area contributed by atoms with Crippen molar-refractivity contribution < 1.29 is 19.0 Å². The number of nitrogen functional groups attached to an aromatic ring is 1. The normalized spacial score (nSPS) is 20.0. The van der Waals surface area contributed by atoms with E-state index < -0.39 is 18.5 Å². The SMILES string of the molecule is Nc1ncnc2c1ncn2[C@H]1CO[C@@H](COC(=O)c2ccccc2)O1. The molecule has 3 aromatic rings. The second-order valence-corrected chi connectivity index (χ2v) is 5.40. The maximum absolute atomic E-state index is 11.9. The van der Waals surface area contributed by atoms with E-state index in [1.54, 1.807) is 35.2 Å². The topological polar surface area (TPSA) is 114 Å². The summed E-state index contributed by atoms with van der Waals surface area (Å²) in [6, 6.07) is 8.74. The molecule has 25 heavy (non-hydrogen) atoms. The highest BCUT2D eigenvalue weighted by Gasteiger charge is 2.30. The molecule has 0 aliphatic carbocycles. The van der Waals surface area contributed by atoms with Gasteiger partial charge in [0.15, 0.2) is 24.0 Å². The molecule has 0 unspecified atom stereocenters. The number of anilines is 1. The Morgan fingerprint density at radius 1 is 1.28 bits per heavy atom. The number of aromatic nitrogens is 4. The molecule has 0 bridgehead atoms. The summed E-state index contributed by atoms with van der Waals surface area (Å²) >= 11 is 0. The van der Waals surface area contributed by atoms with Crippen LogP contribution in [0.1, 0.15) is 16.6 Å². The van der Waals surface area contributed by atoms with Gasteiger partial charge in [-0.1, -0.05) is 18.2 Å². The first-order valence-electron chi connectivity index (χ1n) is 7.64. The first kappa shape index (κ1) is 15.5. The van der Waals surface area contributed by atoms with Crippen molar-refractivity contribution >= 4 is 23.0 Å². The third kappa shape index (κ3) is 3.02. The zero-order valence-corrected chi connectivity index (χ0v) is 13.1. The van der Waals surface area contributed by atoms with Crippen LogP contribution in [0.15, 0.2) is 43.0 Å². The molecule has 1 aliphatic rings. The number of nitrogens with zero attached hydrogens (tertiary/aromatic N) is 4. The largest absolute Gasteiger partial charge is 0.457 e. The summed E-state index contributed by atoms with van der Waals surface area (Å²) in [6.07, 6.45) is 1.85. The van der Waals surface area contributed by atoms with Crippen LogP contribution in [-0.2, 0) is 14.2 Å². The molecule has 1 aliphatic heterocycles. The third-order valence-electron chi connectivity index (χ3n) is 3.79. The van der Waals surface area contributed by atoms with E-state index in [1.807, 2.05) is 6.07 Å². The Bertz CT molecular complexity index is 898. The van der Waals surface area contributed by atoms with Crippen LogP contribution in [0.25, 0.3) is 11.2 Å². The fraction of sp³-hybridized carbons (Fsp3) is 0.250. The van der Waals surface area contributed by atoms with Crippen molar-refractivity contribution in [1.82, 2.24) is 19.5 Å². The molecule has 9 nitrogen and oxygen atoms in total. The molecule has 2 atom stereocenters. The van der Waals surface area contributed by atoms with Crippen molar-refractivity contribution in [2.75, 3.05) is 18.9 Å². The van der Waals surface area contributed by atoms with E-state index >= 15 is 0 Å². The van der Waals surface area contributed by atoms with Gasteiger partial charge in [-0.3, -0.25) is 4.57 Å². The van der Waals surface area contributed by atoms with Gasteiger partial charge in [0.25, 0.3) is 0 Å². The molecule has 3 heterocycles. The van der Waals surface area contributed by atoms with Crippen molar-refractivity contribution in [3.8, 4) is 0 Å². The Kier molecular flexibility index (Phi) is 4.00. The molecule has 0 amide bonds. The van der Waals surface area contributed by atoms with Gasteiger partial charge in [-0.15, -0.1) is 0 Å². The van der Waals surface area contributed by atoms with E-state index in [0.29, 0.717) is 22.5 Å². The lowest BCUT2D eigenvalue weighted by Crippen LogP contribution is -2.20. The fourth-order valence-corrected chi connectivity index (χ4v) is 2.56. The number of hydrogen-bond acceptors (Lipinski definition) is 8. The number of rotatable bonds is 4. The highest BCUT2D eigenvalue weighted by molar-refractivity contribution is 5.89. The monoisotopic (exact) mass is 341 g/mol. The standard InChI is InChI=1S/C16H15N5O4/c17-14-13-15(19-8-18-14)21(9-20-13)11-6-23-12(25-11)7-24-16(22)10-4-2-1-3-5-10/h1-5,8-9,11-12H,6-7H2,(H2,17,18,19)/t11-,12-/m1/s1. The number of carbonyl (C=O) groups is 1. The quantitative estimate of drug-likeness (QED) is 0.703. The first-order chi connectivity index (χ1) is 12.2. The lowest BCUT2D eigenvalue weighted by molar-refractivity contribution is -0.102. The lowest BCUT2D eigenvalue weighted by atomic mass is 10.2. The molecule has 2 aromatic heterocycles. The maximum Gasteiger partial charge on any atom is 0.338 e. The Morgan fingerprint density at radius 3 is 2.96 bits per heavy atom. The zero-order chi connectivity index (χ0) is 17.2. The minimum atomic E-state index is -0.658. The molecule has 9 heteroatoms. The summed E-state index contributed by atoms with van der Waals surface area (Å²) in [7, 11) is 0. The Balaban J connectivity index is 1.40. The number of imidazole rings is 1. The Morgan fingerprint density at radius 2 is 2.12 bits per heavy atom. The van der Waals surface area contributed by atoms with Crippen molar-refractivity contribution in [3.05, 3.63) is 48.5 Å². The predicted octanol–water partition coefficient (Wildman–Crippen LogP) is 1.14. The van der Waals surface area contributed by atoms with Gasteiger partial charge in [0, 0.05) is 0 Å². The van der Waals surface area contributed by atoms with Crippen LogP contribution < -0.4 is 5.73 Å². The molecule has 1 fully saturated rings. The third-order valence-corrected chi connectivity index (χ3v) is 3.79. The van der Waals surface area contributed by atoms with Crippen molar-refractivity contribution in [1.29, 1.82) is 0 Å². The maximum atomic E-state index is 11.9. The number of esters is 1. The summed E-state index contributed by atoms with van der Waals surface area (Å²) in [5.41, 5.74) is 7.32. The minimum Gasteiger partial charge on any atom is -0.457 e. The average molecular weight is 341 g/mol. The number of benzene rings is 1. The van der Waals surface area contributed by atoms with Crippen LogP contribution in [-0.4, -0.2) is 45.0 Å². The summed E-state index contributed by atoms with van der Waals surface area (Å²) < 4.78 is 18.2. The molecular formula is C16H15N5O4. The molecule has 4 rings (SSSR count). The Hall–Kier alpha value is -3.04. The number of ether oxygens (including phenoxy) is 3. The zero-order valence-electron chi connectivity index (χ0n) is 13.1. The van der Waals surface area contributed by atoms with Gasteiger partial charge in [-0.05, 0) is 12.1 Å². The van der Waals surface area contributed by atoms with Gasteiger partial charge in [-0.2, -0.15) is 0 Å². The molecule has 0 saturated carbocycles. The van der Waals surface area contributed by atoms with Gasteiger partial charge < -0.3 is 19.9 Å². The molecule has 2 N–H and O–H groups in total. The van der Waals surface area contributed by atoms with Crippen molar-refractivity contribution in [3.63, 3.8) is 0 Å². The van der Waals surface area contributed by atoms with Crippen LogP contribution >= 0.6 is 0 Å². The average Bonchev–Trinajstić information content (AvgIpc) is 3.27. The molecule has 0 spiro atoms. The fourth-order valence-electron chi connectivity index (χ4n) is 2.56. The summed E-state index contributed by atoms with van der Waals surface area (Å²) in [4.78, 5) is 24.2. The van der Waals surface area contributed by atoms with Gasteiger partial charge in [-0.25, -0.2) is 19.7 Å². The highest BCUT2D eigenvalue weighted by atomic mass is 16.7. The Labute approximate surface area is 142 Å². The van der Waals surface area contributed by atoms with E-state index in [1.165, 1.54) is 6.33 Å². The van der Waals surface area contributed by atoms with E-state index in [-0.39, 0.29) is 13.2 Å². The number of hydrogen-bond donors (Lipinski definition) is 1. The lowest BCUT2D eigenvalue weighted by Gasteiger charge is -2.13. The van der Waals surface area contributed by atoms with Crippen LogP contribution in [0.4, 0.5) is 5.82 Å². The number of fused-ring (bicyclic) bond motifs is 1. The van der Waals surface area contributed by atoms with Crippen LogP contribution in [0, 0.1) is 0 Å². The van der Waals surface area contributed by atoms with Gasteiger partial charge in [0.05, 0.1) is 18.5 Å². The minimum absolute atomic E-state index is 0.00597. The number of nitrogens with two attached hydrogens (primary N) is 1. The van der Waals surface area contributed by atoms with E-state index in [2.05, 4.69) is 15.0 Å². The first-order valence-corrected chi connectivity index (χ1v) is 7.64. The second kappa shape index (κ2) is 6.46. The predicted molar refractivity (Wildman–Crippen MR) is 86.3 cm³/mol. The summed E-state index contributed by atoms with van der Waals surface area (Å²) in [6.45, 7) is 0.275. The smallest absolute Gasteiger partial charge is 0.338 e. The van der Waals surface area contributed by atoms with Crippen LogP contribution in [0.2, 0.25) is 0 Å². The summed E-state index contributed by atoms with van der Waals surface area (Å²) in [5.74, 6) is -0.124. The van der Waals surface area contributed by atoms with Gasteiger partial charge in [0.2, 0.25) is 0 Å². The van der Waals surface area contributed by atoms with Crippen LogP contribution in [0.3, 0.4) is 0 Å². The number of carbonyl (C=O) groups excluding carboxylic acids is 1. The van der Waals surface area contributed by atoms with E-state index in [9.17, 15) is 4.79 Å². The summed E-state index contributed by atoms with van der Waals surface area (Å²) in [5, 5.41) is 0. The molecule has 0 radical (unpaired) electrons. The van der Waals surface area contributed by atoms with E-state index in [0.717, 1.165) is 0 Å². The second-order valence-electron chi connectivity index (χ2n) is 5.40. The van der Waals surface area contributed by atoms with Crippen LogP contribution in [0.5, 0.6) is 0 Å². The molecular weight excluding hydrogens is 326 g/mol. The molecule has 1 aromatic carbocycles. The van der Waals surface area contributed by atoms with E-state index in [4.69, 9.17) is 19.9 Å². The van der Waals surface area contributed by atoms with Gasteiger partial charge in [0.1, 0.15) is 18.5 Å². The highest BCUT2D eigenvalue weighted by Crippen LogP contribution is 2.25. The van der Waals surface area contributed by atoms with Gasteiger partial charge >= 0.3 is 5.97 Å².